The number of aliphatic hydroxyl groups is 1. The van der Waals surface area contributed by atoms with Crippen molar-refractivity contribution in [2.75, 3.05) is 47.0 Å². The van der Waals surface area contributed by atoms with Gasteiger partial charge >= 0.3 is 23.9 Å². The van der Waals surface area contributed by atoms with Crippen LogP contribution in [-0.2, 0) is 42.3 Å². The fourth-order valence-electron chi connectivity index (χ4n) is 11.9. The third-order valence-electron chi connectivity index (χ3n) is 15.1. The highest BCUT2D eigenvalue weighted by atomic mass is 32.2. The maximum atomic E-state index is 15.3. The number of thioether (sulfide) groups is 1. The van der Waals surface area contributed by atoms with Gasteiger partial charge in [0.15, 0.2) is 40.0 Å². The molecule has 0 aliphatic carbocycles. The molecule has 74 heavy (non-hydrogen) atoms. The van der Waals surface area contributed by atoms with Gasteiger partial charge in [-0.3, -0.25) is 19.9 Å². The number of ether oxygens (including phenoxy) is 8. The van der Waals surface area contributed by atoms with E-state index in [0.29, 0.717) is 64.5 Å². The Balaban J connectivity index is 1.07. The topological polar surface area (TPSA) is 181 Å². The van der Waals surface area contributed by atoms with E-state index in [1.165, 1.54) is 37.9 Å². The standard InChI is InChI=1S/C57H55N3O13S/c1-30-23-36-24-38-55(64)60-39-27-68-56(65)57(37-26-40(66-5)41(25-35(37)21-22-58-57)72-42(62)19-17-33-13-9-7-10-14-33)28-74-54(46-45(39)52-51(69-29-70-52)31(2)50(46)71-32(3)61)48(60)47(59(38)4)44(36)53(49(30)67-6)73-43(63)20-18-34-15-11-8-12-16-34/h7-20,23,25-26,38-39,47-48,54-55,58,64H,21-22,24,27-29H2,1-6H3/b19-17+,20-18+/t38-,39-,47+,48?,54-,55+,57-/m1/s1. The van der Waals surface area contributed by atoms with Crippen molar-refractivity contribution in [3.05, 3.63) is 147 Å². The number of piperazine rings is 1. The number of esters is 4. The maximum Gasteiger partial charge on any atom is 0.336 e. The van der Waals surface area contributed by atoms with Crippen molar-refractivity contribution in [2.24, 2.45) is 0 Å². The minimum absolute atomic E-state index is 0.0548. The summed E-state index contributed by atoms with van der Waals surface area (Å²) >= 11 is 1.43. The van der Waals surface area contributed by atoms with Crippen molar-refractivity contribution in [3.8, 4) is 40.2 Å². The largest absolute Gasteiger partial charge is 0.493 e. The maximum absolute atomic E-state index is 15.3. The van der Waals surface area contributed by atoms with E-state index in [1.54, 1.807) is 31.4 Å². The van der Waals surface area contributed by atoms with Crippen molar-refractivity contribution in [3.63, 3.8) is 0 Å². The molecule has 5 aromatic rings. The monoisotopic (exact) mass is 1020 g/mol. The molecule has 16 nitrogen and oxygen atoms in total. The summed E-state index contributed by atoms with van der Waals surface area (Å²) in [5.41, 5.74) is 5.54. The molecule has 0 amide bonds. The minimum atomic E-state index is -1.49. The summed E-state index contributed by atoms with van der Waals surface area (Å²) in [6, 6.07) is 21.7. The molecule has 7 aliphatic rings. The molecule has 2 N–H and O–H groups in total. The minimum Gasteiger partial charge on any atom is -0.493 e. The summed E-state index contributed by atoms with van der Waals surface area (Å²) in [6.45, 7) is 5.04. The van der Waals surface area contributed by atoms with Gasteiger partial charge in [-0.15, -0.1) is 11.8 Å². The van der Waals surface area contributed by atoms with Crippen LogP contribution >= 0.6 is 11.8 Å². The molecule has 1 unspecified atom stereocenters. The number of carbonyl (C=O) groups excluding carboxylic acids is 4. The van der Waals surface area contributed by atoms with Gasteiger partial charge in [0.2, 0.25) is 6.79 Å². The van der Waals surface area contributed by atoms with E-state index in [1.807, 2.05) is 92.5 Å². The normalized spacial score (nSPS) is 24.6. The molecule has 12 rings (SSSR count). The number of nitrogens with one attached hydrogen (secondary N) is 1. The van der Waals surface area contributed by atoms with Gasteiger partial charge < -0.3 is 43.0 Å². The highest BCUT2D eigenvalue weighted by Crippen LogP contribution is 2.64. The molecule has 2 saturated heterocycles. The molecular formula is C57H55N3O13S. The van der Waals surface area contributed by atoms with Crippen molar-refractivity contribution in [1.29, 1.82) is 0 Å². The summed E-state index contributed by atoms with van der Waals surface area (Å²) in [4.78, 5) is 59.9. The molecule has 382 valence electrons. The number of rotatable bonds is 9. The Labute approximate surface area is 432 Å². The number of hydrogen-bond acceptors (Lipinski definition) is 17. The zero-order chi connectivity index (χ0) is 51.6. The first-order valence-corrected chi connectivity index (χ1v) is 25.5. The summed E-state index contributed by atoms with van der Waals surface area (Å²) < 4.78 is 49.5. The third kappa shape index (κ3) is 8.27. The number of aliphatic hydroxyl groups excluding tert-OH is 1. The van der Waals surface area contributed by atoms with Crippen LogP contribution in [0, 0.1) is 13.8 Å². The first kappa shape index (κ1) is 49.1. The Kier molecular flexibility index (Phi) is 13.0. The molecule has 5 aromatic carbocycles. The molecular weight excluding hydrogens is 967 g/mol. The second-order valence-corrected chi connectivity index (χ2v) is 20.4. The number of hydrogen-bond donors (Lipinski definition) is 2. The lowest BCUT2D eigenvalue weighted by atomic mass is 9.73. The number of aryl methyl sites for hydroxylation is 1. The Morgan fingerprint density at radius 3 is 2.16 bits per heavy atom. The average molecular weight is 1020 g/mol. The molecule has 0 radical (unpaired) electrons. The summed E-state index contributed by atoms with van der Waals surface area (Å²) in [6.07, 6.45) is 5.81. The Bertz CT molecular complexity index is 3160. The molecule has 2 fully saturated rings. The number of nitrogens with zero attached hydrogens (tertiary/aromatic N) is 2. The van der Waals surface area contributed by atoms with E-state index >= 15 is 4.79 Å². The molecule has 0 aromatic heterocycles. The highest BCUT2D eigenvalue weighted by molar-refractivity contribution is 7.99. The predicted octanol–water partition coefficient (Wildman–Crippen LogP) is 7.24. The number of benzene rings is 5. The first-order chi connectivity index (χ1) is 35.8. The van der Waals surface area contributed by atoms with Crippen LogP contribution in [0.3, 0.4) is 0 Å². The molecule has 7 heterocycles. The lowest BCUT2D eigenvalue weighted by molar-refractivity contribution is -0.186. The van der Waals surface area contributed by atoms with Gasteiger partial charge in [-0.25, -0.2) is 14.4 Å². The van der Waals surface area contributed by atoms with Crippen LogP contribution in [0.25, 0.3) is 12.2 Å². The highest BCUT2D eigenvalue weighted by Gasteiger charge is 2.61. The van der Waals surface area contributed by atoms with Crippen LogP contribution in [0.5, 0.6) is 40.2 Å². The molecule has 4 bridgehead atoms. The number of fused-ring (bicyclic) bond motifs is 9. The van der Waals surface area contributed by atoms with Gasteiger partial charge in [-0.1, -0.05) is 66.7 Å². The second kappa shape index (κ2) is 19.6. The van der Waals surface area contributed by atoms with Crippen LogP contribution < -0.4 is 38.5 Å². The summed E-state index contributed by atoms with van der Waals surface area (Å²) in [5.74, 6) is -0.156. The van der Waals surface area contributed by atoms with Crippen LogP contribution in [0.4, 0.5) is 0 Å². The Morgan fingerprint density at radius 1 is 0.797 bits per heavy atom. The van der Waals surface area contributed by atoms with E-state index in [2.05, 4.69) is 10.2 Å². The van der Waals surface area contributed by atoms with E-state index in [-0.39, 0.29) is 42.2 Å². The van der Waals surface area contributed by atoms with E-state index in [9.17, 15) is 19.5 Å². The average Bonchev–Trinajstić information content (AvgIpc) is 3.90. The van der Waals surface area contributed by atoms with Gasteiger partial charge in [0, 0.05) is 59.7 Å². The summed E-state index contributed by atoms with van der Waals surface area (Å²) in [7, 11) is 4.97. The van der Waals surface area contributed by atoms with Crippen molar-refractivity contribution >= 4 is 47.8 Å². The molecule has 0 saturated carbocycles. The van der Waals surface area contributed by atoms with E-state index < -0.39 is 65.1 Å². The van der Waals surface area contributed by atoms with E-state index in [0.717, 1.165) is 27.8 Å². The Hall–Kier alpha value is -7.15. The SMILES string of the molecule is COc1cc2c(cc1OC(=O)/C=C/c1ccccc1)CCN[C@]21CS[C@@H]2c3c(OC(C)=O)c(C)c4c(c3[C@@H](COC1=O)N1C2[C@@H]2c3c(cc(C)c(OC)c3OC(=O)/C=C/c3ccccc3)C[C@H]([C@@H]1O)N2C)OCO4. The number of methoxy groups -OCH3 is 2. The van der Waals surface area contributed by atoms with Crippen LogP contribution in [0.1, 0.15) is 79.9 Å². The smallest absolute Gasteiger partial charge is 0.336 e. The van der Waals surface area contributed by atoms with Crippen LogP contribution in [0.15, 0.2) is 91.0 Å². The predicted molar refractivity (Wildman–Crippen MR) is 273 cm³/mol. The first-order valence-electron chi connectivity index (χ1n) is 24.5. The Morgan fingerprint density at radius 2 is 1.49 bits per heavy atom. The lowest BCUT2D eigenvalue weighted by Crippen LogP contribution is -2.70. The number of likely N-dealkylation sites (N-methyl/N-ethyl adjacent to an activating group) is 1. The summed E-state index contributed by atoms with van der Waals surface area (Å²) in [5, 5.41) is 15.8. The quantitative estimate of drug-likeness (QED) is 0.0856. The van der Waals surface area contributed by atoms with Gasteiger partial charge in [0.25, 0.3) is 0 Å². The zero-order valence-corrected chi connectivity index (χ0v) is 42.5. The number of carbonyl (C=O) groups is 4. The van der Waals surface area contributed by atoms with Crippen LogP contribution in [0.2, 0.25) is 0 Å². The second-order valence-electron chi connectivity index (χ2n) is 19.2. The molecule has 7 atom stereocenters. The van der Waals surface area contributed by atoms with Gasteiger partial charge in [0.1, 0.15) is 18.6 Å². The van der Waals surface area contributed by atoms with Crippen molar-refractivity contribution < 1.29 is 62.2 Å². The lowest BCUT2D eigenvalue weighted by Gasteiger charge is -2.62. The molecule has 7 aliphatic heterocycles. The molecule has 1 spiro atoms. The van der Waals surface area contributed by atoms with Crippen LogP contribution in [-0.4, -0.2) is 104 Å². The zero-order valence-electron chi connectivity index (χ0n) is 41.7. The van der Waals surface area contributed by atoms with Gasteiger partial charge in [-0.05, 0) is 91.4 Å². The fourth-order valence-corrected chi connectivity index (χ4v) is 13.6. The fraction of sp³-hybridized carbons (Fsp3) is 0.333. The van der Waals surface area contributed by atoms with Gasteiger partial charge in [-0.2, -0.15) is 0 Å². The van der Waals surface area contributed by atoms with Crippen molar-refractivity contribution in [1.82, 2.24) is 15.1 Å². The van der Waals surface area contributed by atoms with Crippen molar-refractivity contribution in [2.45, 2.75) is 74.8 Å². The van der Waals surface area contributed by atoms with E-state index in [4.69, 9.17) is 37.9 Å². The molecule has 17 heteroatoms. The third-order valence-corrected chi connectivity index (χ3v) is 16.5. The van der Waals surface area contributed by atoms with Gasteiger partial charge in [0.05, 0.1) is 37.6 Å².